The van der Waals surface area contributed by atoms with E-state index < -0.39 is 0 Å². The lowest BCUT2D eigenvalue weighted by molar-refractivity contribution is 0.670. The van der Waals surface area contributed by atoms with Crippen LogP contribution in [-0.4, -0.2) is 4.57 Å². The number of nitrogens with zero attached hydrogens (tertiary/aromatic N) is 2. The van der Waals surface area contributed by atoms with E-state index in [1.807, 2.05) is 35.6 Å². The van der Waals surface area contributed by atoms with Crippen molar-refractivity contribution in [3.8, 4) is 22.9 Å². The van der Waals surface area contributed by atoms with E-state index in [0.29, 0.717) is 5.56 Å². The van der Waals surface area contributed by atoms with E-state index in [1.165, 1.54) is 25.7 Å². The molecule has 0 saturated carbocycles. The van der Waals surface area contributed by atoms with Crippen LogP contribution in [0.2, 0.25) is 0 Å². The van der Waals surface area contributed by atoms with E-state index in [0.717, 1.165) is 55.0 Å². The molecule has 9 aromatic rings. The summed E-state index contributed by atoms with van der Waals surface area (Å²) in [4.78, 5) is 0. The van der Waals surface area contributed by atoms with E-state index in [9.17, 15) is 5.26 Å². The zero-order chi connectivity index (χ0) is 27.1. The lowest BCUT2D eigenvalue weighted by atomic mass is 9.97. The molecular weight excluding hydrogens is 520 g/mol. The normalized spacial score (nSPS) is 11.9. The molecule has 0 bridgehead atoms. The summed E-state index contributed by atoms with van der Waals surface area (Å²) in [7, 11) is 0. The van der Waals surface area contributed by atoms with Gasteiger partial charge in [-0.1, -0.05) is 78.9 Å². The maximum Gasteiger partial charge on any atom is 0.143 e. The Balaban J connectivity index is 1.37. The topological polar surface area (TPSA) is 41.9 Å². The lowest BCUT2D eigenvalue weighted by Gasteiger charge is -2.10. The van der Waals surface area contributed by atoms with Crippen LogP contribution in [0.5, 0.6) is 0 Å². The molecule has 0 aliphatic rings. The van der Waals surface area contributed by atoms with Crippen LogP contribution < -0.4 is 0 Å². The van der Waals surface area contributed by atoms with Gasteiger partial charge >= 0.3 is 0 Å². The van der Waals surface area contributed by atoms with Crippen LogP contribution in [0.25, 0.3) is 80.7 Å². The summed E-state index contributed by atoms with van der Waals surface area (Å²) in [6.45, 7) is 0. The van der Waals surface area contributed by atoms with Crippen LogP contribution in [0.15, 0.2) is 126 Å². The number of benzene rings is 6. The van der Waals surface area contributed by atoms with Gasteiger partial charge in [-0.05, 0) is 48.0 Å². The summed E-state index contributed by atoms with van der Waals surface area (Å²) in [6.07, 6.45) is 0. The van der Waals surface area contributed by atoms with Gasteiger partial charge in [-0.3, -0.25) is 0 Å². The first-order chi connectivity index (χ1) is 20.3. The van der Waals surface area contributed by atoms with Crippen molar-refractivity contribution in [3.05, 3.63) is 127 Å². The van der Waals surface area contributed by atoms with Gasteiger partial charge in [0, 0.05) is 42.6 Å². The maximum atomic E-state index is 9.58. The van der Waals surface area contributed by atoms with E-state index >= 15 is 0 Å². The predicted octanol–water partition coefficient (Wildman–Crippen LogP) is 10.6. The first kappa shape index (κ1) is 22.4. The van der Waals surface area contributed by atoms with Crippen LogP contribution in [0.3, 0.4) is 0 Å². The van der Waals surface area contributed by atoms with Crippen LogP contribution in [0.1, 0.15) is 5.56 Å². The van der Waals surface area contributed by atoms with Gasteiger partial charge in [0.1, 0.15) is 11.2 Å². The quantitative estimate of drug-likeness (QED) is 0.219. The molecule has 0 N–H and O–H groups in total. The minimum atomic E-state index is 0.671. The third-order valence-electron chi connectivity index (χ3n) is 8.24. The second kappa shape index (κ2) is 8.32. The molecule has 3 aromatic heterocycles. The Bertz CT molecular complexity index is 2560. The maximum absolute atomic E-state index is 9.58. The Kier molecular flexibility index (Phi) is 4.55. The summed E-state index contributed by atoms with van der Waals surface area (Å²) < 4.78 is 11.3. The minimum Gasteiger partial charge on any atom is -0.455 e. The average Bonchev–Trinajstić information content (AvgIpc) is 3.70. The van der Waals surface area contributed by atoms with Gasteiger partial charge in [-0.25, -0.2) is 0 Å². The number of para-hydroxylation sites is 3. The van der Waals surface area contributed by atoms with Gasteiger partial charge < -0.3 is 8.98 Å². The van der Waals surface area contributed by atoms with Gasteiger partial charge in [0.15, 0.2) is 0 Å². The van der Waals surface area contributed by atoms with E-state index in [4.69, 9.17) is 4.42 Å². The van der Waals surface area contributed by atoms with E-state index in [1.54, 1.807) is 0 Å². The van der Waals surface area contributed by atoms with Gasteiger partial charge in [-0.15, -0.1) is 11.3 Å². The molecule has 0 spiro atoms. The molecule has 9 rings (SSSR count). The largest absolute Gasteiger partial charge is 0.455 e. The zero-order valence-corrected chi connectivity index (χ0v) is 22.6. The van der Waals surface area contributed by atoms with Gasteiger partial charge in [-0.2, -0.15) is 5.26 Å². The Morgan fingerprint density at radius 1 is 0.610 bits per heavy atom. The van der Waals surface area contributed by atoms with Crippen LogP contribution >= 0.6 is 11.3 Å². The number of furan rings is 1. The second-order valence-corrected chi connectivity index (χ2v) is 11.5. The highest BCUT2D eigenvalue weighted by Gasteiger charge is 2.20. The summed E-state index contributed by atoms with van der Waals surface area (Å²) >= 11 is 1.83. The summed E-state index contributed by atoms with van der Waals surface area (Å²) in [6, 6.07) is 44.7. The smallest absolute Gasteiger partial charge is 0.143 e. The molecule has 0 radical (unpaired) electrons. The first-order valence-corrected chi connectivity index (χ1v) is 14.4. The highest BCUT2D eigenvalue weighted by Crippen LogP contribution is 2.46. The molecule has 0 fully saturated rings. The van der Waals surface area contributed by atoms with Crippen molar-refractivity contribution in [1.82, 2.24) is 4.57 Å². The molecule has 0 unspecified atom stereocenters. The van der Waals surface area contributed by atoms with E-state index in [-0.39, 0.29) is 0 Å². The highest BCUT2D eigenvalue weighted by atomic mass is 32.1. The first-order valence-electron chi connectivity index (χ1n) is 13.6. The van der Waals surface area contributed by atoms with Crippen LogP contribution in [0.4, 0.5) is 0 Å². The Labute approximate surface area is 238 Å². The third-order valence-corrected chi connectivity index (χ3v) is 9.43. The van der Waals surface area contributed by atoms with Crippen molar-refractivity contribution in [2.45, 2.75) is 0 Å². The number of aromatic nitrogens is 1. The Morgan fingerprint density at radius 3 is 2.27 bits per heavy atom. The Morgan fingerprint density at radius 2 is 1.34 bits per heavy atom. The molecule has 0 amide bonds. The number of thiophene rings is 1. The molecule has 190 valence electrons. The number of fused-ring (bicyclic) bond motifs is 9. The zero-order valence-electron chi connectivity index (χ0n) is 21.8. The standard InChI is InChI=1S/C37H20N2OS/c38-21-22-18-19-31-29(20-22)23-8-1-3-14-30(23)39(31)32-15-6-13-28-35-25(10-7-17-34(35)41-37(28)32)27-12-5-11-26-24-9-2-4-16-33(24)40-36(26)27/h1-20H. The molecule has 4 heteroatoms. The fourth-order valence-corrected chi connectivity index (χ4v) is 7.73. The summed E-state index contributed by atoms with van der Waals surface area (Å²) in [5.41, 5.74) is 8.17. The minimum absolute atomic E-state index is 0.671. The molecule has 41 heavy (non-hydrogen) atoms. The number of rotatable bonds is 2. The molecule has 0 saturated heterocycles. The SMILES string of the molecule is N#Cc1ccc2c(c1)c1ccccc1n2-c1cccc2c1sc1cccc(-c3cccc4c3oc3ccccc34)c12. The molecule has 6 aromatic carbocycles. The van der Waals surface area contributed by atoms with Crippen molar-refractivity contribution in [3.63, 3.8) is 0 Å². The van der Waals surface area contributed by atoms with Crippen molar-refractivity contribution < 1.29 is 4.42 Å². The summed E-state index contributed by atoms with van der Waals surface area (Å²) in [5, 5.41) is 16.6. The molecular formula is C37H20N2OS. The van der Waals surface area contributed by atoms with Crippen molar-refractivity contribution in [1.29, 1.82) is 5.26 Å². The second-order valence-electron chi connectivity index (χ2n) is 10.4. The average molecular weight is 541 g/mol. The molecule has 0 aliphatic heterocycles. The van der Waals surface area contributed by atoms with Crippen LogP contribution in [-0.2, 0) is 0 Å². The van der Waals surface area contributed by atoms with Crippen molar-refractivity contribution in [2.75, 3.05) is 0 Å². The van der Waals surface area contributed by atoms with Crippen molar-refractivity contribution in [2.24, 2.45) is 0 Å². The van der Waals surface area contributed by atoms with Crippen molar-refractivity contribution >= 4 is 75.3 Å². The fourth-order valence-electron chi connectivity index (χ4n) is 6.49. The van der Waals surface area contributed by atoms with Gasteiger partial charge in [0.2, 0.25) is 0 Å². The number of hydrogen-bond acceptors (Lipinski definition) is 3. The fraction of sp³-hybridized carbons (Fsp3) is 0. The molecule has 0 aliphatic carbocycles. The number of nitriles is 1. The monoisotopic (exact) mass is 540 g/mol. The van der Waals surface area contributed by atoms with Crippen LogP contribution in [0, 0.1) is 11.3 Å². The number of hydrogen-bond donors (Lipinski definition) is 0. The summed E-state index contributed by atoms with van der Waals surface area (Å²) in [5.74, 6) is 0. The van der Waals surface area contributed by atoms with E-state index in [2.05, 4.69) is 108 Å². The molecule has 3 heterocycles. The molecule has 0 atom stereocenters. The Hall–Kier alpha value is -5.37. The lowest BCUT2D eigenvalue weighted by Crippen LogP contribution is -1.93. The molecule has 3 nitrogen and oxygen atoms in total. The van der Waals surface area contributed by atoms with Gasteiger partial charge in [0.05, 0.1) is 33.1 Å². The van der Waals surface area contributed by atoms with Gasteiger partial charge in [0.25, 0.3) is 0 Å². The highest BCUT2D eigenvalue weighted by molar-refractivity contribution is 7.26. The third kappa shape index (κ3) is 3.07. The predicted molar refractivity (Wildman–Crippen MR) is 171 cm³/mol.